The SMILES string of the molecule is Cc1nnc2ccc(N3CCC[C@H]3C[C@H](O)c3ccc(F)cc3)nn12. The molecule has 0 aliphatic carbocycles. The fourth-order valence-corrected chi connectivity index (χ4v) is 3.50. The second kappa shape index (κ2) is 6.40. The Labute approximate surface area is 144 Å². The molecule has 7 heteroatoms. The van der Waals surface area contributed by atoms with E-state index in [1.54, 1.807) is 16.6 Å². The summed E-state index contributed by atoms with van der Waals surface area (Å²) in [5.74, 6) is 1.32. The van der Waals surface area contributed by atoms with Crippen LogP contribution in [0.15, 0.2) is 36.4 Å². The summed E-state index contributed by atoms with van der Waals surface area (Å²) >= 11 is 0. The highest BCUT2D eigenvalue weighted by atomic mass is 19.1. The molecule has 1 fully saturated rings. The number of fused-ring (bicyclic) bond motifs is 1. The molecular formula is C18H20FN5O. The summed E-state index contributed by atoms with van der Waals surface area (Å²) in [7, 11) is 0. The smallest absolute Gasteiger partial charge is 0.178 e. The molecule has 1 aliphatic rings. The summed E-state index contributed by atoms with van der Waals surface area (Å²) in [6.07, 6.45) is 2.03. The molecule has 1 aliphatic heterocycles. The number of aliphatic hydroxyl groups excluding tert-OH is 1. The van der Waals surface area contributed by atoms with Crippen molar-refractivity contribution in [2.45, 2.75) is 38.3 Å². The molecule has 1 N–H and O–H groups in total. The molecular weight excluding hydrogens is 321 g/mol. The molecule has 4 rings (SSSR count). The fraction of sp³-hybridized carbons (Fsp3) is 0.389. The quantitative estimate of drug-likeness (QED) is 0.790. The number of hydrogen-bond donors (Lipinski definition) is 1. The van der Waals surface area contributed by atoms with Crippen LogP contribution in [-0.4, -0.2) is 37.5 Å². The summed E-state index contributed by atoms with van der Waals surface area (Å²) in [5.41, 5.74) is 1.47. The van der Waals surface area contributed by atoms with Gasteiger partial charge in [-0.3, -0.25) is 0 Å². The van der Waals surface area contributed by atoms with Crippen LogP contribution < -0.4 is 4.90 Å². The van der Waals surface area contributed by atoms with Crippen LogP contribution in [0.3, 0.4) is 0 Å². The summed E-state index contributed by atoms with van der Waals surface area (Å²) in [6, 6.07) is 10.1. The first-order valence-electron chi connectivity index (χ1n) is 8.51. The van der Waals surface area contributed by atoms with Gasteiger partial charge in [0.25, 0.3) is 0 Å². The highest BCUT2D eigenvalue weighted by molar-refractivity contribution is 5.47. The standard InChI is InChI=1S/C18H20FN5O/c1-12-20-21-17-8-9-18(22-24(12)17)23-10-2-3-15(23)11-16(25)13-4-6-14(19)7-5-13/h4-9,15-16,25H,2-3,10-11H2,1H3/t15-,16-/m0/s1. The molecule has 0 radical (unpaired) electrons. The van der Waals surface area contributed by atoms with Crippen molar-refractivity contribution in [2.24, 2.45) is 0 Å². The van der Waals surface area contributed by atoms with Gasteiger partial charge in [-0.2, -0.15) is 4.52 Å². The first-order valence-corrected chi connectivity index (χ1v) is 8.51. The lowest BCUT2D eigenvalue weighted by Crippen LogP contribution is -2.31. The number of nitrogens with zero attached hydrogens (tertiary/aromatic N) is 5. The lowest BCUT2D eigenvalue weighted by atomic mass is 10.0. The molecule has 130 valence electrons. The third-order valence-corrected chi connectivity index (χ3v) is 4.83. The fourth-order valence-electron chi connectivity index (χ4n) is 3.50. The monoisotopic (exact) mass is 341 g/mol. The van der Waals surface area contributed by atoms with Crippen molar-refractivity contribution in [1.29, 1.82) is 0 Å². The van der Waals surface area contributed by atoms with Gasteiger partial charge in [0, 0.05) is 12.6 Å². The van der Waals surface area contributed by atoms with E-state index < -0.39 is 6.10 Å². The Morgan fingerprint density at radius 3 is 2.80 bits per heavy atom. The van der Waals surface area contributed by atoms with E-state index in [4.69, 9.17) is 0 Å². The molecule has 2 aromatic heterocycles. The van der Waals surface area contributed by atoms with Gasteiger partial charge < -0.3 is 10.0 Å². The lowest BCUT2D eigenvalue weighted by molar-refractivity contribution is 0.158. The van der Waals surface area contributed by atoms with Crippen LogP contribution in [0.5, 0.6) is 0 Å². The van der Waals surface area contributed by atoms with E-state index in [1.165, 1.54) is 12.1 Å². The topological polar surface area (TPSA) is 66.5 Å². The number of halogens is 1. The third kappa shape index (κ3) is 3.07. The van der Waals surface area contributed by atoms with Gasteiger partial charge in [0.1, 0.15) is 11.6 Å². The Balaban J connectivity index is 1.54. The van der Waals surface area contributed by atoms with Gasteiger partial charge in [-0.05, 0) is 56.0 Å². The maximum atomic E-state index is 13.1. The highest BCUT2D eigenvalue weighted by Crippen LogP contribution is 2.30. The second-order valence-electron chi connectivity index (χ2n) is 6.50. The Bertz CT molecular complexity index is 879. The van der Waals surface area contributed by atoms with Crippen molar-refractivity contribution >= 4 is 11.5 Å². The Morgan fingerprint density at radius 1 is 1.20 bits per heavy atom. The molecule has 3 heterocycles. The van der Waals surface area contributed by atoms with Crippen LogP contribution >= 0.6 is 0 Å². The molecule has 1 aromatic carbocycles. The van der Waals surface area contributed by atoms with Crippen LogP contribution in [0.2, 0.25) is 0 Å². The molecule has 0 spiro atoms. The first kappa shape index (κ1) is 16.0. The lowest BCUT2D eigenvalue weighted by Gasteiger charge is -2.27. The first-order chi connectivity index (χ1) is 12.1. The maximum absolute atomic E-state index is 13.1. The summed E-state index contributed by atoms with van der Waals surface area (Å²) in [6.45, 7) is 2.77. The van der Waals surface area contributed by atoms with Crippen LogP contribution in [0.1, 0.15) is 36.8 Å². The van der Waals surface area contributed by atoms with E-state index in [9.17, 15) is 9.50 Å². The normalized spacial score (nSPS) is 18.8. The van der Waals surface area contributed by atoms with Crippen LogP contribution in [0.25, 0.3) is 5.65 Å². The van der Waals surface area contributed by atoms with E-state index in [0.717, 1.165) is 42.2 Å². The van der Waals surface area contributed by atoms with E-state index in [1.807, 2.05) is 19.1 Å². The number of anilines is 1. The third-order valence-electron chi connectivity index (χ3n) is 4.83. The van der Waals surface area contributed by atoms with E-state index in [-0.39, 0.29) is 11.9 Å². The highest BCUT2D eigenvalue weighted by Gasteiger charge is 2.28. The molecule has 1 saturated heterocycles. The number of rotatable bonds is 4. The molecule has 25 heavy (non-hydrogen) atoms. The minimum Gasteiger partial charge on any atom is -0.388 e. The number of aryl methyl sites for hydroxylation is 1. The van der Waals surface area contributed by atoms with Gasteiger partial charge in [-0.25, -0.2) is 4.39 Å². The maximum Gasteiger partial charge on any atom is 0.178 e. The average molecular weight is 341 g/mol. The van der Waals surface area contributed by atoms with E-state index in [0.29, 0.717) is 6.42 Å². The number of aliphatic hydroxyl groups is 1. The van der Waals surface area contributed by atoms with Gasteiger partial charge in [0.15, 0.2) is 11.5 Å². The van der Waals surface area contributed by atoms with Crippen molar-refractivity contribution in [1.82, 2.24) is 19.8 Å². The van der Waals surface area contributed by atoms with E-state index in [2.05, 4.69) is 20.2 Å². The second-order valence-corrected chi connectivity index (χ2v) is 6.50. The minimum atomic E-state index is -0.619. The zero-order valence-corrected chi connectivity index (χ0v) is 14.0. The molecule has 0 amide bonds. The van der Waals surface area contributed by atoms with Crippen LogP contribution in [0, 0.1) is 12.7 Å². The molecule has 6 nitrogen and oxygen atoms in total. The largest absolute Gasteiger partial charge is 0.388 e. The Kier molecular flexibility index (Phi) is 4.09. The van der Waals surface area contributed by atoms with Crippen molar-refractivity contribution in [2.75, 3.05) is 11.4 Å². The van der Waals surface area contributed by atoms with Gasteiger partial charge in [0.05, 0.1) is 6.10 Å². The van der Waals surface area contributed by atoms with Gasteiger partial charge in [0.2, 0.25) is 0 Å². The van der Waals surface area contributed by atoms with Crippen molar-refractivity contribution in [3.05, 3.63) is 53.6 Å². The predicted molar refractivity (Wildman–Crippen MR) is 91.9 cm³/mol. The molecule has 0 saturated carbocycles. The summed E-state index contributed by atoms with van der Waals surface area (Å²) in [5, 5.41) is 23.3. The molecule has 0 unspecified atom stereocenters. The zero-order chi connectivity index (χ0) is 17.4. The van der Waals surface area contributed by atoms with Crippen LogP contribution in [0.4, 0.5) is 10.2 Å². The van der Waals surface area contributed by atoms with Crippen molar-refractivity contribution in [3.63, 3.8) is 0 Å². The number of hydrogen-bond acceptors (Lipinski definition) is 5. The van der Waals surface area contributed by atoms with Gasteiger partial charge >= 0.3 is 0 Å². The van der Waals surface area contributed by atoms with Gasteiger partial charge in [-0.1, -0.05) is 12.1 Å². The molecule has 3 aromatic rings. The van der Waals surface area contributed by atoms with Crippen molar-refractivity contribution in [3.8, 4) is 0 Å². The molecule has 2 atom stereocenters. The molecule has 0 bridgehead atoms. The Hall–Kier alpha value is -2.54. The van der Waals surface area contributed by atoms with Gasteiger partial charge in [-0.15, -0.1) is 15.3 Å². The Morgan fingerprint density at radius 2 is 2.00 bits per heavy atom. The summed E-state index contributed by atoms with van der Waals surface area (Å²) in [4.78, 5) is 2.23. The number of benzene rings is 1. The zero-order valence-electron chi connectivity index (χ0n) is 14.0. The van der Waals surface area contributed by atoms with Crippen LogP contribution in [-0.2, 0) is 0 Å². The number of aromatic nitrogens is 4. The minimum absolute atomic E-state index is 0.196. The van der Waals surface area contributed by atoms with Crippen molar-refractivity contribution < 1.29 is 9.50 Å². The van der Waals surface area contributed by atoms with E-state index >= 15 is 0 Å². The summed E-state index contributed by atoms with van der Waals surface area (Å²) < 4.78 is 14.8. The average Bonchev–Trinajstić information content (AvgIpc) is 3.22. The predicted octanol–water partition coefficient (Wildman–Crippen LogP) is 2.66.